The lowest BCUT2D eigenvalue weighted by atomic mass is 10.1. The SMILES string of the molecule is CCCC(CC)NCc1ccc(C(=O)OC)cn1. The Morgan fingerprint density at radius 1 is 1.44 bits per heavy atom. The molecule has 0 saturated carbocycles. The fraction of sp³-hybridized carbons (Fsp3) is 0.571. The molecular formula is C14H22N2O2. The van der Waals surface area contributed by atoms with Crippen molar-refractivity contribution in [3.05, 3.63) is 29.6 Å². The summed E-state index contributed by atoms with van der Waals surface area (Å²) in [6.07, 6.45) is 5.04. The van der Waals surface area contributed by atoms with Crippen LogP contribution in [0, 0.1) is 0 Å². The van der Waals surface area contributed by atoms with Gasteiger partial charge in [-0.1, -0.05) is 20.3 Å². The molecule has 1 N–H and O–H groups in total. The van der Waals surface area contributed by atoms with Gasteiger partial charge in [0.15, 0.2) is 0 Å². The van der Waals surface area contributed by atoms with E-state index < -0.39 is 0 Å². The first-order valence-corrected chi connectivity index (χ1v) is 6.47. The number of rotatable bonds is 7. The van der Waals surface area contributed by atoms with E-state index >= 15 is 0 Å². The molecule has 0 aliphatic heterocycles. The molecule has 4 nitrogen and oxygen atoms in total. The molecule has 0 saturated heterocycles. The Bertz CT molecular complexity index is 363. The van der Waals surface area contributed by atoms with Gasteiger partial charge in [0, 0.05) is 18.8 Å². The average Bonchev–Trinajstić information content (AvgIpc) is 2.43. The summed E-state index contributed by atoms with van der Waals surface area (Å²) < 4.78 is 4.63. The molecule has 0 amide bonds. The number of carbonyl (C=O) groups is 1. The fourth-order valence-corrected chi connectivity index (χ4v) is 1.82. The predicted octanol–water partition coefficient (Wildman–Crippen LogP) is 2.54. The van der Waals surface area contributed by atoms with Crippen molar-refractivity contribution in [1.82, 2.24) is 10.3 Å². The van der Waals surface area contributed by atoms with E-state index in [1.54, 1.807) is 12.3 Å². The Morgan fingerprint density at radius 3 is 2.72 bits per heavy atom. The van der Waals surface area contributed by atoms with E-state index in [4.69, 9.17) is 0 Å². The monoisotopic (exact) mass is 250 g/mol. The number of hydrogen-bond acceptors (Lipinski definition) is 4. The second-order valence-corrected chi connectivity index (χ2v) is 4.30. The number of ether oxygens (including phenoxy) is 1. The van der Waals surface area contributed by atoms with Gasteiger partial charge in [-0.05, 0) is 25.0 Å². The van der Waals surface area contributed by atoms with Crippen LogP contribution in [0.1, 0.15) is 49.2 Å². The third-order valence-electron chi connectivity index (χ3n) is 2.95. The quantitative estimate of drug-likeness (QED) is 0.756. The molecule has 100 valence electrons. The normalized spacial score (nSPS) is 12.2. The molecule has 1 heterocycles. The topological polar surface area (TPSA) is 51.2 Å². The second-order valence-electron chi connectivity index (χ2n) is 4.30. The van der Waals surface area contributed by atoms with E-state index in [2.05, 4.69) is 28.9 Å². The van der Waals surface area contributed by atoms with Gasteiger partial charge in [-0.3, -0.25) is 4.98 Å². The summed E-state index contributed by atoms with van der Waals surface area (Å²) in [5.74, 6) is -0.348. The molecule has 1 rings (SSSR count). The Morgan fingerprint density at radius 2 is 2.22 bits per heavy atom. The molecule has 0 aromatic carbocycles. The minimum absolute atomic E-state index is 0.348. The van der Waals surface area contributed by atoms with Gasteiger partial charge < -0.3 is 10.1 Å². The minimum atomic E-state index is -0.348. The van der Waals surface area contributed by atoms with Gasteiger partial charge in [0.25, 0.3) is 0 Å². The van der Waals surface area contributed by atoms with E-state index in [-0.39, 0.29) is 5.97 Å². The van der Waals surface area contributed by atoms with Gasteiger partial charge in [0.05, 0.1) is 18.4 Å². The smallest absolute Gasteiger partial charge is 0.339 e. The number of nitrogens with one attached hydrogen (secondary N) is 1. The van der Waals surface area contributed by atoms with Crippen LogP contribution in [0.25, 0.3) is 0 Å². The number of pyridine rings is 1. The van der Waals surface area contributed by atoms with Crippen LogP contribution in [0.2, 0.25) is 0 Å². The van der Waals surface area contributed by atoms with E-state index in [0.29, 0.717) is 11.6 Å². The van der Waals surface area contributed by atoms with E-state index in [1.807, 2.05) is 6.07 Å². The maximum absolute atomic E-state index is 11.2. The van der Waals surface area contributed by atoms with Crippen LogP contribution in [-0.4, -0.2) is 24.1 Å². The molecule has 0 bridgehead atoms. The molecule has 0 radical (unpaired) electrons. The second kappa shape index (κ2) is 7.82. The molecule has 1 aromatic heterocycles. The largest absolute Gasteiger partial charge is 0.465 e. The lowest BCUT2D eigenvalue weighted by Crippen LogP contribution is -2.28. The molecule has 0 fully saturated rings. The van der Waals surface area contributed by atoms with Gasteiger partial charge >= 0.3 is 5.97 Å². The van der Waals surface area contributed by atoms with Crippen molar-refractivity contribution in [1.29, 1.82) is 0 Å². The molecule has 1 unspecified atom stereocenters. The Balaban J connectivity index is 2.50. The lowest BCUT2D eigenvalue weighted by Gasteiger charge is -2.15. The van der Waals surface area contributed by atoms with Crippen molar-refractivity contribution in [3.63, 3.8) is 0 Å². The maximum Gasteiger partial charge on any atom is 0.339 e. The van der Waals surface area contributed by atoms with Gasteiger partial charge in [-0.25, -0.2) is 4.79 Å². The molecular weight excluding hydrogens is 228 g/mol. The highest BCUT2D eigenvalue weighted by Gasteiger charge is 2.07. The predicted molar refractivity (Wildman–Crippen MR) is 71.4 cm³/mol. The molecule has 0 spiro atoms. The van der Waals surface area contributed by atoms with Crippen molar-refractivity contribution in [3.8, 4) is 0 Å². The van der Waals surface area contributed by atoms with Crippen LogP contribution in [0.5, 0.6) is 0 Å². The minimum Gasteiger partial charge on any atom is -0.465 e. The Kier molecular flexibility index (Phi) is 6.36. The molecule has 1 atom stereocenters. The van der Waals surface area contributed by atoms with Crippen molar-refractivity contribution < 1.29 is 9.53 Å². The van der Waals surface area contributed by atoms with Crippen LogP contribution in [0.4, 0.5) is 0 Å². The molecule has 0 aliphatic carbocycles. The molecule has 1 aromatic rings. The Labute approximate surface area is 109 Å². The first-order chi connectivity index (χ1) is 8.71. The van der Waals surface area contributed by atoms with Crippen LogP contribution in [0.3, 0.4) is 0 Å². The fourth-order valence-electron chi connectivity index (χ4n) is 1.82. The number of carbonyl (C=O) groups excluding carboxylic acids is 1. The summed E-state index contributed by atoms with van der Waals surface area (Å²) in [6, 6.07) is 4.14. The number of methoxy groups -OCH3 is 1. The van der Waals surface area contributed by atoms with Crippen molar-refractivity contribution in [2.45, 2.75) is 45.7 Å². The highest BCUT2D eigenvalue weighted by Crippen LogP contribution is 2.05. The number of esters is 1. The highest BCUT2D eigenvalue weighted by molar-refractivity contribution is 5.88. The zero-order valence-corrected chi connectivity index (χ0v) is 11.4. The van der Waals surface area contributed by atoms with Crippen molar-refractivity contribution in [2.75, 3.05) is 7.11 Å². The van der Waals surface area contributed by atoms with Crippen molar-refractivity contribution in [2.24, 2.45) is 0 Å². The zero-order valence-electron chi connectivity index (χ0n) is 11.4. The van der Waals surface area contributed by atoms with E-state index in [0.717, 1.165) is 18.7 Å². The van der Waals surface area contributed by atoms with Crippen LogP contribution < -0.4 is 5.32 Å². The molecule has 0 aliphatic rings. The van der Waals surface area contributed by atoms with Gasteiger partial charge in [0.2, 0.25) is 0 Å². The maximum atomic E-state index is 11.2. The summed E-state index contributed by atoms with van der Waals surface area (Å²) in [5, 5.41) is 3.47. The average molecular weight is 250 g/mol. The molecule has 4 heteroatoms. The lowest BCUT2D eigenvalue weighted by molar-refractivity contribution is 0.0600. The number of nitrogens with zero attached hydrogens (tertiary/aromatic N) is 1. The first kappa shape index (κ1) is 14.6. The standard InChI is InChI=1S/C14H22N2O2/c1-4-6-12(5-2)16-10-13-8-7-11(9-15-13)14(17)18-3/h7-9,12,16H,4-6,10H2,1-3H3. The highest BCUT2D eigenvalue weighted by atomic mass is 16.5. The van der Waals surface area contributed by atoms with E-state index in [9.17, 15) is 4.79 Å². The third kappa shape index (κ3) is 4.45. The van der Waals surface area contributed by atoms with Crippen LogP contribution in [-0.2, 0) is 11.3 Å². The van der Waals surface area contributed by atoms with Crippen LogP contribution >= 0.6 is 0 Å². The Hall–Kier alpha value is -1.42. The van der Waals surface area contributed by atoms with Gasteiger partial charge in [0.1, 0.15) is 0 Å². The number of aromatic nitrogens is 1. The van der Waals surface area contributed by atoms with Gasteiger partial charge in [-0.15, -0.1) is 0 Å². The summed E-state index contributed by atoms with van der Waals surface area (Å²) in [7, 11) is 1.37. The van der Waals surface area contributed by atoms with Crippen molar-refractivity contribution >= 4 is 5.97 Å². The zero-order chi connectivity index (χ0) is 13.4. The number of hydrogen-bond donors (Lipinski definition) is 1. The molecule has 18 heavy (non-hydrogen) atoms. The van der Waals surface area contributed by atoms with Gasteiger partial charge in [-0.2, -0.15) is 0 Å². The summed E-state index contributed by atoms with van der Waals surface area (Å²) >= 11 is 0. The summed E-state index contributed by atoms with van der Waals surface area (Å²) in [4.78, 5) is 15.5. The van der Waals surface area contributed by atoms with E-state index in [1.165, 1.54) is 20.0 Å². The van der Waals surface area contributed by atoms with Crippen LogP contribution in [0.15, 0.2) is 18.3 Å². The first-order valence-electron chi connectivity index (χ1n) is 6.47. The summed E-state index contributed by atoms with van der Waals surface area (Å²) in [6.45, 7) is 5.11. The third-order valence-corrected chi connectivity index (χ3v) is 2.95. The summed E-state index contributed by atoms with van der Waals surface area (Å²) in [5.41, 5.74) is 1.43.